The number of hydrogen-bond acceptors (Lipinski definition) is 1. The van der Waals surface area contributed by atoms with Crippen molar-refractivity contribution in [2.24, 2.45) is 0 Å². The lowest BCUT2D eigenvalue weighted by atomic mass is 9.94. The van der Waals surface area contributed by atoms with Gasteiger partial charge in [0.15, 0.2) is 0 Å². The van der Waals surface area contributed by atoms with Gasteiger partial charge >= 0.3 is 0 Å². The van der Waals surface area contributed by atoms with Crippen LogP contribution < -0.4 is 0 Å². The minimum absolute atomic E-state index is 0.914. The summed E-state index contributed by atoms with van der Waals surface area (Å²) in [5.41, 5.74) is 7.76. The zero-order valence-corrected chi connectivity index (χ0v) is 17.3. The van der Waals surface area contributed by atoms with Gasteiger partial charge < -0.3 is 8.98 Å². The number of furan rings is 1. The van der Waals surface area contributed by atoms with E-state index in [-0.39, 0.29) is 0 Å². The van der Waals surface area contributed by atoms with E-state index in [9.17, 15) is 0 Å². The van der Waals surface area contributed by atoms with Crippen LogP contribution in [0.3, 0.4) is 0 Å². The molecule has 2 heterocycles. The predicted molar refractivity (Wildman–Crippen MR) is 133 cm³/mol. The van der Waals surface area contributed by atoms with Crippen LogP contribution in [0, 0.1) is 0 Å². The second kappa shape index (κ2) is 6.60. The van der Waals surface area contributed by atoms with E-state index in [1.165, 1.54) is 32.8 Å². The second-order valence-electron chi connectivity index (χ2n) is 8.17. The van der Waals surface area contributed by atoms with E-state index in [1.807, 2.05) is 6.07 Å². The molecule has 0 atom stereocenters. The van der Waals surface area contributed by atoms with E-state index >= 15 is 0 Å². The molecule has 0 spiro atoms. The van der Waals surface area contributed by atoms with Crippen LogP contribution in [0.4, 0.5) is 0 Å². The van der Waals surface area contributed by atoms with Crippen molar-refractivity contribution in [1.82, 2.24) is 4.57 Å². The number of para-hydroxylation sites is 3. The average Bonchev–Trinajstić information content (AvgIpc) is 3.39. The molecule has 2 aromatic heterocycles. The molecule has 0 aliphatic heterocycles. The molecule has 7 aromatic rings. The quantitative estimate of drug-likeness (QED) is 0.280. The summed E-state index contributed by atoms with van der Waals surface area (Å²) in [4.78, 5) is 0. The minimum atomic E-state index is 0.914. The molecule has 2 nitrogen and oxygen atoms in total. The zero-order chi connectivity index (χ0) is 21.1. The normalized spacial score (nSPS) is 11.8. The van der Waals surface area contributed by atoms with E-state index in [1.54, 1.807) is 0 Å². The van der Waals surface area contributed by atoms with Gasteiger partial charge in [0, 0.05) is 38.9 Å². The zero-order valence-electron chi connectivity index (χ0n) is 17.3. The van der Waals surface area contributed by atoms with Crippen LogP contribution in [0.2, 0.25) is 0 Å². The Kier molecular flexibility index (Phi) is 3.58. The molecule has 0 saturated heterocycles. The van der Waals surface area contributed by atoms with Crippen molar-refractivity contribution in [1.29, 1.82) is 0 Å². The fourth-order valence-corrected chi connectivity index (χ4v) is 5.08. The van der Waals surface area contributed by atoms with Crippen molar-refractivity contribution < 1.29 is 4.42 Å². The van der Waals surface area contributed by atoms with Crippen LogP contribution in [0.1, 0.15) is 0 Å². The van der Waals surface area contributed by atoms with Crippen molar-refractivity contribution in [3.05, 3.63) is 115 Å². The van der Waals surface area contributed by atoms with Gasteiger partial charge in [0.2, 0.25) is 0 Å². The van der Waals surface area contributed by atoms with Crippen molar-refractivity contribution in [3.8, 4) is 16.8 Å². The summed E-state index contributed by atoms with van der Waals surface area (Å²) in [6, 6.07) is 40.5. The molecule has 5 aromatic carbocycles. The molecule has 0 saturated carbocycles. The van der Waals surface area contributed by atoms with Gasteiger partial charge in [0.1, 0.15) is 11.2 Å². The van der Waals surface area contributed by atoms with Crippen LogP contribution in [0.15, 0.2) is 120 Å². The fraction of sp³-hybridized carbons (Fsp3) is 0. The molecule has 0 unspecified atom stereocenters. The SMILES string of the molecule is c1ccc(-c2c3c(cc4c2c2ccccc2n4-c2ccccc2)oc2ccccc23)cc1. The number of nitrogens with zero attached hydrogens (tertiary/aromatic N) is 1. The van der Waals surface area contributed by atoms with Gasteiger partial charge in [0.05, 0.1) is 11.0 Å². The van der Waals surface area contributed by atoms with Crippen LogP contribution in [0.25, 0.3) is 60.6 Å². The molecule has 150 valence electrons. The molecule has 0 aliphatic rings. The molecule has 0 bridgehead atoms. The van der Waals surface area contributed by atoms with Crippen LogP contribution in [-0.4, -0.2) is 4.57 Å². The van der Waals surface area contributed by atoms with E-state index in [0.29, 0.717) is 0 Å². The molecule has 0 N–H and O–H groups in total. The minimum Gasteiger partial charge on any atom is -0.456 e. The molecule has 7 rings (SSSR count). The number of aromatic nitrogens is 1. The third-order valence-corrected chi connectivity index (χ3v) is 6.38. The monoisotopic (exact) mass is 409 g/mol. The van der Waals surface area contributed by atoms with Gasteiger partial charge in [0.25, 0.3) is 0 Å². The Morgan fingerprint density at radius 2 is 1.16 bits per heavy atom. The van der Waals surface area contributed by atoms with Gasteiger partial charge in [-0.25, -0.2) is 0 Å². The number of hydrogen-bond donors (Lipinski definition) is 0. The molecule has 0 fully saturated rings. The Hall–Kier alpha value is -4.30. The first-order chi connectivity index (χ1) is 15.9. The summed E-state index contributed by atoms with van der Waals surface area (Å²) < 4.78 is 8.75. The maximum atomic E-state index is 6.40. The first-order valence-electron chi connectivity index (χ1n) is 10.9. The Morgan fingerprint density at radius 3 is 1.97 bits per heavy atom. The van der Waals surface area contributed by atoms with Gasteiger partial charge in [-0.2, -0.15) is 0 Å². The lowest BCUT2D eigenvalue weighted by molar-refractivity contribution is 0.669. The summed E-state index contributed by atoms with van der Waals surface area (Å²) in [5, 5.41) is 4.84. The first-order valence-corrected chi connectivity index (χ1v) is 10.9. The third kappa shape index (κ3) is 2.35. The maximum Gasteiger partial charge on any atom is 0.138 e. The van der Waals surface area contributed by atoms with Gasteiger partial charge in [-0.1, -0.05) is 84.9 Å². The Labute approximate surface area is 184 Å². The Balaban J connectivity index is 1.79. The maximum absolute atomic E-state index is 6.40. The van der Waals surface area contributed by atoms with Crippen LogP contribution >= 0.6 is 0 Å². The lowest BCUT2D eigenvalue weighted by Gasteiger charge is -2.10. The summed E-state index contributed by atoms with van der Waals surface area (Å²) in [7, 11) is 0. The highest BCUT2D eigenvalue weighted by molar-refractivity contribution is 6.26. The number of fused-ring (bicyclic) bond motifs is 6. The van der Waals surface area contributed by atoms with Gasteiger partial charge in [-0.3, -0.25) is 0 Å². The summed E-state index contributed by atoms with van der Waals surface area (Å²) in [6.07, 6.45) is 0. The highest BCUT2D eigenvalue weighted by Gasteiger charge is 2.22. The number of rotatable bonds is 2. The third-order valence-electron chi connectivity index (χ3n) is 6.38. The average molecular weight is 409 g/mol. The summed E-state index contributed by atoms with van der Waals surface area (Å²) >= 11 is 0. The van der Waals surface area contributed by atoms with Crippen molar-refractivity contribution in [3.63, 3.8) is 0 Å². The summed E-state index contributed by atoms with van der Waals surface area (Å²) in [6.45, 7) is 0. The highest BCUT2D eigenvalue weighted by atomic mass is 16.3. The molecular weight excluding hydrogens is 390 g/mol. The van der Waals surface area contributed by atoms with Crippen LogP contribution in [-0.2, 0) is 0 Å². The molecular formula is C30H19NO. The predicted octanol–water partition coefficient (Wildman–Crippen LogP) is 8.35. The highest BCUT2D eigenvalue weighted by Crippen LogP contribution is 2.45. The molecule has 0 aliphatic carbocycles. The molecule has 0 radical (unpaired) electrons. The number of benzene rings is 5. The van der Waals surface area contributed by atoms with Gasteiger partial charge in [-0.15, -0.1) is 0 Å². The van der Waals surface area contributed by atoms with Crippen LogP contribution in [0.5, 0.6) is 0 Å². The van der Waals surface area contributed by atoms with E-state index < -0.39 is 0 Å². The fourth-order valence-electron chi connectivity index (χ4n) is 5.08. The van der Waals surface area contributed by atoms with E-state index in [4.69, 9.17) is 4.42 Å². The second-order valence-corrected chi connectivity index (χ2v) is 8.17. The largest absolute Gasteiger partial charge is 0.456 e. The summed E-state index contributed by atoms with van der Waals surface area (Å²) in [5.74, 6) is 0. The smallest absolute Gasteiger partial charge is 0.138 e. The Morgan fingerprint density at radius 1 is 0.500 bits per heavy atom. The van der Waals surface area contributed by atoms with E-state index in [0.717, 1.165) is 27.8 Å². The molecule has 32 heavy (non-hydrogen) atoms. The van der Waals surface area contributed by atoms with E-state index in [2.05, 4.69) is 114 Å². The van der Waals surface area contributed by atoms with Crippen molar-refractivity contribution in [2.75, 3.05) is 0 Å². The molecule has 0 amide bonds. The first kappa shape index (κ1) is 17.4. The van der Waals surface area contributed by atoms with Crippen molar-refractivity contribution in [2.45, 2.75) is 0 Å². The van der Waals surface area contributed by atoms with Gasteiger partial charge in [-0.05, 0) is 29.8 Å². The standard InChI is InChI=1S/C30H19NO/c1-3-11-20(12-4-1)28-29-22-15-7-9-17-24(22)31(21-13-5-2-6-14-21)25(29)19-27-30(28)23-16-8-10-18-26(23)32-27/h1-19H. The molecule has 2 heteroatoms. The van der Waals surface area contributed by atoms with Crippen molar-refractivity contribution >= 4 is 43.7 Å². The Bertz CT molecular complexity index is 1760. The lowest BCUT2D eigenvalue weighted by Crippen LogP contribution is -1.93. The topological polar surface area (TPSA) is 18.1 Å².